The summed E-state index contributed by atoms with van der Waals surface area (Å²) >= 11 is 0. The number of amides is 1. The number of aliphatic imine (C=N–C) groups is 1. The van der Waals surface area contributed by atoms with E-state index in [1.54, 1.807) is 7.11 Å². The van der Waals surface area contributed by atoms with Crippen LogP contribution in [-0.4, -0.2) is 38.1 Å². The molecular formula is C19H30N4O2. The van der Waals surface area contributed by atoms with Crippen LogP contribution in [0.2, 0.25) is 0 Å². The number of rotatable bonds is 8. The Bertz CT molecular complexity index is 551. The molecule has 0 aliphatic heterocycles. The van der Waals surface area contributed by atoms with Crippen LogP contribution in [0, 0.1) is 0 Å². The molecule has 0 spiro atoms. The van der Waals surface area contributed by atoms with Crippen molar-refractivity contribution < 1.29 is 9.53 Å². The molecule has 0 aromatic heterocycles. The van der Waals surface area contributed by atoms with E-state index in [2.05, 4.69) is 15.6 Å². The first-order valence-electron chi connectivity index (χ1n) is 9.13. The van der Waals surface area contributed by atoms with E-state index >= 15 is 0 Å². The van der Waals surface area contributed by atoms with Crippen molar-refractivity contribution in [3.05, 3.63) is 29.8 Å². The molecule has 0 saturated heterocycles. The third-order valence-corrected chi connectivity index (χ3v) is 4.47. The van der Waals surface area contributed by atoms with Gasteiger partial charge in [0.25, 0.3) is 0 Å². The lowest BCUT2D eigenvalue weighted by Crippen LogP contribution is -2.37. The van der Waals surface area contributed by atoms with Gasteiger partial charge < -0.3 is 21.1 Å². The maximum Gasteiger partial charge on any atom is 0.222 e. The van der Waals surface area contributed by atoms with E-state index in [0.29, 0.717) is 31.5 Å². The first-order valence-corrected chi connectivity index (χ1v) is 9.13. The predicted molar refractivity (Wildman–Crippen MR) is 101 cm³/mol. The number of nitrogens with zero attached hydrogens (tertiary/aromatic N) is 1. The Morgan fingerprint density at radius 2 is 1.96 bits per heavy atom. The highest BCUT2D eigenvalue weighted by Gasteiger charge is 2.15. The van der Waals surface area contributed by atoms with Gasteiger partial charge in [0, 0.05) is 19.0 Å². The van der Waals surface area contributed by atoms with Crippen LogP contribution >= 0.6 is 0 Å². The van der Waals surface area contributed by atoms with E-state index in [9.17, 15) is 4.79 Å². The second-order valence-corrected chi connectivity index (χ2v) is 6.44. The average molecular weight is 346 g/mol. The van der Waals surface area contributed by atoms with Crippen molar-refractivity contribution in [2.75, 3.05) is 20.2 Å². The van der Waals surface area contributed by atoms with Crippen LogP contribution in [0.3, 0.4) is 0 Å². The highest BCUT2D eigenvalue weighted by Crippen LogP contribution is 2.17. The molecule has 1 saturated carbocycles. The molecular weight excluding hydrogens is 316 g/mol. The number of guanidine groups is 1. The van der Waals surface area contributed by atoms with Crippen molar-refractivity contribution in [3.8, 4) is 5.75 Å². The summed E-state index contributed by atoms with van der Waals surface area (Å²) in [6.07, 6.45) is 7.16. The molecule has 0 bridgehead atoms. The standard InChI is InChI=1S/C19H30N4O2/c1-25-17-9-7-15(8-10-17)11-13-21-19(20)22-14-12-18(24)23-16-5-3-2-4-6-16/h7-10,16H,2-6,11-14H2,1H3,(H,23,24)(H3,20,21,22). The van der Waals surface area contributed by atoms with E-state index in [4.69, 9.17) is 10.5 Å². The summed E-state index contributed by atoms with van der Waals surface area (Å²) in [6, 6.07) is 8.30. The molecule has 6 nitrogen and oxygen atoms in total. The van der Waals surface area contributed by atoms with Crippen LogP contribution in [0.25, 0.3) is 0 Å². The second-order valence-electron chi connectivity index (χ2n) is 6.44. The van der Waals surface area contributed by atoms with Gasteiger partial charge in [-0.3, -0.25) is 9.79 Å². The number of hydrogen-bond acceptors (Lipinski definition) is 3. The second kappa shape index (κ2) is 10.6. The normalized spacial score (nSPS) is 15.6. The van der Waals surface area contributed by atoms with Gasteiger partial charge in [0.15, 0.2) is 5.96 Å². The number of carbonyl (C=O) groups is 1. The fourth-order valence-corrected chi connectivity index (χ4v) is 3.01. The molecule has 0 atom stereocenters. The zero-order valence-corrected chi connectivity index (χ0v) is 15.1. The maximum absolute atomic E-state index is 11.9. The van der Waals surface area contributed by atoms with Crippen LogP contribution in [-0.2, 0) is 11.2 Å². The number of carbonyl (C=O) groups excluding carboxylic acids is 1. The Morgan fingerprint density at radius 3 is 2.64 bits per heavy atom. The van der Waals surface area contributed by atoms with Gasteiger partial charge >= 0.3 is 0 Å². The number of ether oxygens (including phenoxy) is 1. The van der Waals surface area contributed by atoms with E-state index in [1.807, 2.05) is 24.3 Å². The summed E-state index contributed by atoms with van der Waals surface area (Å²) in [4.78, 5) is 16.1. The molecule has 1 aromatic rings. The summed E-state index contributed by atoms with van der Waals surface area (Å²) < 4.78 is 5.14. The van der Waals surface area contributed by atoms with Crippen LogP contribution in [0.4, 0.5) is 0 Å². The summed E-state index contributed by atoms with van der Waals surface area (Å²) in [5, 5.41) is 6.17. The molecule has 2 rings (SSSR count). The van der Waals surface area contributed by atoms with Gasteiger partial charge in [0.1, 0.15) is 5.75 Å². The van der Waals surface area contributed by atoms with Gasteiger partial charge in [-0.25, -0.2) is 0 Å². The van der Waals surface area contributed by atoms with Crippen LogP contribution in [0.1, 0.15) is 44.1 Å². The predicted octanol–water partition coefficient (Wildman–Crippen LogP) is 1.98. The zero-order valence-electron chi connectivity index (χ0n) is 15.1. The Morgan fingerprint density at radius 1 is 1.24 bits per heavy atom. The van der Waals surface area contributed by atoms with Gasteiger partial charge in [0.05, 0.1) is 13.7 Å². The first kappa shape index (κ1) is 19.1. The molecule has 138 valence electrons. The number of hydrogen-bond donors (Lipinski definition) is 3. The van der Waals surface area contributed by atoms with Crippen LogP contribution < -0.4 is 21.1 Å². The van der Waals surface area contributed by atoms with E-state index < -0.39 is 0 Å². The van der Waals surface area contributed by atoms with Gasteiger partial charge in [-0.1, -0.05) is 31.4 Å². The summed E-state index contributed by atoms with van der Waals surface area (Å²) in [6.45, 7) is 1.12. The van der Waals surface area contributed by atoms with Gasteiger partial charge in [-0.2, -0.15) is 0 Å². The highest BCUT2D eigenvalue weighted by atomic mass is 16.5. The Balaban J connectivity index is 1.59. The molecule has 0 radical (unpaired) electrons. The van der Waals surface area contributed by atoms with Crippen molar-refractivity contribution in [2.45, 2.75) is 51.0 Å². The van der Waals surface area contributed by atoms with E-state index in [1.165, 1.54) is 24.8 Å². The van der Waals surface area contributed by atoms with Gasteiger partial charge in [0.2, 0.25) is 5.91 Å². The lowest BCUT2D eigenvalue weighted by atomic mass is 9.95. The fraction of sp³-hybridized carbons (Fsp3) is 0.579. The first-order chi connectivity index (χ1) is 12.2. The summed E-state index contributed by atoms with van der Waals surface area (Å²) in [7, 11) is 1.66. The van der Waals surface area contributed by atoms with Crippen molar-refractivity contribution in [1.29, 1.82) is 0 Å². The van der Waals surface area contributed by atoms with E-state index in [-0.39, 0.29) is 5.91 Å². The molecule has 0 unspecified atom stereocenters. The topological polar surface area (TPSA) is 88.7 Å². The van der Waals surface area contributed by atoms with Crippen LogP contribution in [0.5, 0.6) is 5.75 Å². The molecule has 1 aromatic carbocycles. The molecule has 1 aliphatic rings. The SMILES string of the molecule is COc1ccc(CCNC(N)=NCCC(=O)NC2CCCCC2)cc1. The third kappa shape index (κ3) is 7.45. The van der Waals surface area contributed by atoms with Gasteiger partial charge in [-0.15, -0.1) is 0 Å². The third-order valence-electron chi connectivity index (χ3n) is 4.47. The molecule has 1 amide bonds. The highest BCUT2D eigenvalue weighted by molar-refractivity contribution is 5.79. The maximum atomic E-state index is 11.9. The molecule has 4 N–H and O–H groups in total. The van der Waals surface area contributed by atoms with Crippen molar-refractivity contribution in [3.63, 3.8) is 0 Å². The number of benzene rings is 1. The smallest absolute Gasteiger partial charge is 0.222 e. The largest absolute Gasteiger partial charge is 0.497 e. The monoisotopic (exact) mass is 346 g/mol. The van der Waals surface area contributed by atoms with Crippen molar-refractivity contribution in [2.24, 2.45) is 10.7 Å². The fourth-order valence-electron chi connectivity index (χ4n) is 3.01. The minimum absolute atomic E-state index is 0.0710. The Kier molecular flexibility index (Phi) is 8.09. The summed E-state index contributed by atoms with van der Waals surface area (Å²) in [5.74, 6) is 1.31. The number of nitrogens with two attached hydrogens (primary N) is 1. The van der Waals surface area contributed by atoms with Crippen LogP contribution in [0.15, 0.2) is 29.3 Å². The number of nitrogens with one attached hydrogen (secondary N) is 2. The van der Waals surface area contributed by atoms with Gasteiger partial charge in [-0.05, 0) is 37.0 Å². The molecule has 25 heavy (non-hydrogen) atoms. The average Bonchev–Trinajstić information content (AvgIpc) is 2.63. The Hall–Kier alpha value is -2.24. The molecule has 0 heterocycles. The van der Waals surface area contributed by atoms with Crippen molar-refractivity contribution in [1.82, 2.24) is 10.6 Å². The molecule has 1 aliphatic carbocycles. The van der Waals surface area contributed by atoms with E-state index in [0.717, 1.165) is 25.0 Å². The lowest BCUT2D eigenvalue weighted by molar-refractivity contribution is -0.121. The number of methoxy groups -OCH3 is 1. The minimum Gasteiger partial charge on any atom is -0.497 e. The quantitative estimate of drug-likeness (QED) is 0.496. The zero-order chi connectivity index (χ0) is 17.9. The summed E-state index contributed by atoms with van der Waals surface area (Å²) in [5.41, 5.74) is 7.04. The minimum atomic E-state index is 0.0710. The van der Waals surface area contributed by atoms with Crippen molar-refractivity contribution >= 4 is 11.9 Å². The Labute approximate surface area is 150 Å². The molecule has 1 fully saturated rings. The molecule has 6 heteroatoms. The lowest BCUT2D eigenvalue weighted by Gasteiger charge is -2.22.